The van der Waals surface area contributed by atoms with Gasteiger partial charge in [0.2, 0.25) is 0 Å². The first-order valence-corrected chi connectivity index (χ1v) is 6.16. The number of hydrogen-bond donors (Lipinski definition) is 1. The molecule has 0 bridgehead atoms. The van der Waals surface area contributed by atoms with E-state index in [1.807, 2.05) is 6.92 Å². The van der Waals surface area contributed by atoms with E-state index in [0.29, 0.717) is 6.61 Å². The van der Waals surface area contributed by atoms with Crippen LogP contribution in [0.5, 0.6) is 0 Å². The zero-order valence-corrected chi connectivity index (χ0v) is 11.4. The molecule has 1 N–H and O–H groups in total. The Hall–Kier alpha value is -0.120. The smallest absolute Gasteiger partial charge is 0.0885 e. The molecule has 0 radical (unpaired) electrons. The van der Waals surface area contributed by atoms with Crippen LogP contribution < -0.4 is 0 Å². The van der Waals surface area contributed by atoms with Gasteiger partial charge in [-0.1, -0.05) is 27.7 Å². The van der Waals surface area contributed by atoms with Gasteiger partial charge < -0.3 is 14.6 Å². The van der Waals surface area contributed by atoms with Gasteiger partial charge in [0.05, 0.1) is 24.9 Å². The second-order valence-electron chi connectivity index (χ2n) is 5.93. The molecule has 96 valence electrons. The molecule has 1 saturated heterocycles. The lowest BCUT2D eigenvalue weighted by Crippen LogP contribution is -2.61. The quantitative estimate of drug-likeness (QED) is 0.808. The van der Waals surface area contributed by atoms with Crippen molar-refractivity contribution in [1.29, 1.82) is 0 Å². The van der Waals surface area contributed by atoms with E-state index in [9.17, 15) is 5.11 Å². The summed E-state index contributed by atoms with van der Waals surface area (Å²) in [6.45, 7) is 13.4. The van der Waals surface area contributed by atoms with E-state index in [2.05, 4.69) is 34.6 Å². The van der Waals surface area contributed by atoms with Gasteiger partial charge in [0.25, 0.3) is 0 Å². The third kappa shape index (κ3) is 2.13. The standard InChI is InChI=1S/C13H26O3/c1-7-15-11-12(3,4)9(2)16-10(8-14)13(11,5)6/h9-11,14H,7-8H2,1-6H3/t9?,10?,11-/m1/s1. The maximum atomic E-state index is 9.42. The third-order valence-corrected chi connectivity index (χ3v) is 4.10. The van der Waals surface area contributed by atoms with Crippen LogP contribution in [0.15, 0.2) is 0 Å². The van der Waals surface area contributed by atoms with Crippen molar-refractivity contribution in [2.24, 2.45) is 10.8 Å². The van der Waals surface area contributed by atoms with Gasteiger partial charge in [-0.2, -0.15) is 0 Å². The second-order valence-corrected chi connectivity index (χ2v) is 5.93. The van der Waals surface area contributed by atoms with E-state index in [4.69, 9.17) is 9.47 Å². The van der Waals surface area contributed by atoms with Gasteiger partial charge in [-0.25, -0.2) is 0 Å². The van der Waals surface area contributed by atoms with E-state index in [1.54, 1.807) is 0 Å². The second kappa shape index (κ2) is 4.63. The van der Waals surface area contributed by atoms with Gasteiger partial charge in [0.15, 0.2) is 0 Å². The molecular formula is C13H26O3. The average Bonchev–Trinajstić information content (AvgIpc) is 2.19. The number of ether oxygens (including phenoxy) is 2. The van der Waals surface area contributed by atoms with Crippen molar-refractivity contribution in [3.8, 4) is 0 Å². The highest BCUT2D eigenvalue weighted by Gasteiger charge is 2.53. The van der Waals surface area contributed by atoms with Crippen molar-refractivity contribution in [1.82, 2.24) is 0 Å². The monoisotopic (exact) mass is 230 g/mol. The lowest BCUT2D eigenvalue weighted by Gasteiger charge is -2.55. The molecule has 0 aromatic rings. The van der Waals surface area contributed by atoms with E-state index in [1.165, 1.54) is 0 Å². The Morgan fingerprint density at radius 2 is 1.75 bits per heavy atom. The van der Waals surface area contributed by atoms with Crippen molar-refractivity contribution in [2.45, 2.75) is 59.9 Å². The third-order valence-electron chi connectivity index (χ3n) is 4.10. The van der Waals surface area contributed by atoms with Gasteiger partial charge >= 0.3 is 0 Å². The lowest BCUT2D eigenvalue weighted by molar-refractivity contribution is -0.253. The van der Waals surface area contributed by atoms with Crippen LogP contribution in [0, 0.1) is 10.8 Å². The fraction of sp³-hybridized carbons (Fsp3) is 1.00. The Morgan fingerprint density at radius 1 is 1.19 bits per heavy atom. The first kappa shape index (κ1) is 13.9. The van der Waals surface area contributed by atoms with E-state index in [-0.39, 0.29) is 35.7 Å². The molecule has 3 atom stereocenters. The summed E-state index contributed by atoms with van der Waals surface area (Å²) in [5, 5.41) is 9.42. The molecule has 0 aliphatic carbocycles. The Kier molecular flexibility index (Phi) is 4.04. The van der Waals surface area contributed by atoms with Crippen LogP contribution in [0.4, 0.5) is 0 Å². The molecular weight excluding hydrogens is 204 g/mol. The fourth-order valence-corrected chi connectivity index (χ4v) is 2.81. The van der Waals surface area contributed by atoms with Crippen LogP contribution in [-0.4, -0.2) is 36.6 Å². The van der Waals surface area contributed by atoms with Crippen molar-refractivity contribution >= 4 is 0 Å². The summed E-state index contributed by atoms with van der Waals surface area (Å²) < 4.78 is 11.8. The zero-order valence-electron chi connectivity index (χ0n) is 11.4. The summed E-state index contributed by atoms with van der Waals surface area (Å²) in [5.74, 6) is 0. The maximum Gasteiger partial charge on any atom is 0.0885 e. The first-order valence-electron chi connectivity index (χ1n) is 6.16. The molecule has 3 nitrogen and oxygen atoms in total. The molecule has 0 amide bonds. The molecule has 0 spiro atoms. The summed E-state index contributed by atoms with van der Waals surface area (Å²) in [4.78, 5) is 0. The minimum atomic E-state index is -0.166. The van der Waals surface area contributed by atoms with Crippen LogP contribution in [-0.2, 0) is 9.47 Å². The number of hydrogen-bond acceptors (Lipinski definition) is 3. The highest BCUT2D eigenvalue weighted by molar-refractivity contribution is 5.01. The van der Waals surface area contributed by atoms with Crippen molar-refractivity contribution in [2.75, 3.05) is 13.2 Å². The SMILES string of the molecule is CCO[C@@H]1C(C)(C)C(C)OC(CO)C1(C)C. The van der Waals surface area contributed by atoms with Crippen molar-refractivity contribution < 1.29 is 14.6 Å². The maximum absolute atomic E-state index is 9.42. The van der Waals surface area contributed by atoms with Crippen LogP contribution in [0.3, 0.4) is 0 Å². The Morgan fingerprint density at radius 3 is 2.19 bits per heavy atom. The minimum Gasteiger partial charge on any atom is -0.394 e. The molecule has 2 unspecified atom stereocenters. The molecule has 1 heterocycles. The van der Waals surface area contributed by atoms with E-state index >= 15 is 0 Å². The van der Waals surface area contributed by atoms with E-state index < -0.39 is 0 Å². The average molecular weight is 230 g/mol. The highest BCUT2D eigenvalue weighted by Crippen LogP contribution is 2.47. The van der Waals surface area contributed by atoms with Gasteiger partial charge in [0.1, 0.15) is 0 Å². The van der Waals surface area contributed by atoms with E-state index in [0.717, 1.165) is 0 Å². The van der Waals surface area contributed by atoms with Gasteiger partial charge in [-0.3, -0.25) is 0 Å². The molecule has 0 saturated carbocycles. The minimum absolute atomic E-state index is 0.0365. The topological polar surface area (TPSA) is 38.7 Å². The normalized spacial score (nSPS) is 37.3. The number of rotatable bonds is 3. The molecule has 0 aromatic carbocycles. The molecule has 1 fully saturated rings. The summed E-state index contributed by atoms with van der Waals surface area (Å²) in [7, 11) is 0. The predicted octanol–water partition coefficient (Wildman–Crippen LogP) is 2.22. The molecule has 3 heteroatoms. The summed E-state index contributed by atoms with van der Waals surface area (Å²) in [5.41, 5.74) is -0.202. The van der Waals surface area contributed by atoms with Gasteiger partial charge in [0, 0.05) is 17.4 Å². The first-order chi connectivity index (χ1) is 7.28. The molecule has 1 aliphatic rings. The molecule has 1 aliphatic heterocycles. The largest absolute Gasteiger partial charge is 0.394 e. The van der Waals surface area contributed by atoms with Crippen LogP contribution >= 0.6 is 0 Å². The molecule has 16 heavy (non-hydrogen) atoms. The zero-order chi connectivity index (χ0) is 12.6. The Bertz CT molecular complexity index is 235. The van der Waals surface area contributed by atoms with Crippen LogP contribution in [0.25, 0.3) is 0 Å². The Labute approximate surface area is 99.1 Å². The van der Waals surface area contributed by atoms with Gasteiger partial charge in [-0.15, -0.1) is 0 Å². The lowest BCUT2D eigenvalue weighted by atomic mass is 9.64. The van der Waals surface area contributed by atoms with Crippen molar-refractivity contribution in [3.63, 3.8) is 0 Å². The highest BCUT2D eigenvalue weighted by atomic mass is 16.5. The number of aliphatic hydroxyl groups excluding tert-OH is 1. The van der Waals surface area contributed by atoms with Gasteiger partial charge in [-0.05, 0) is 13.8 Å². The summed E-state index contributed by atoms with van der Waals surface area (Å²) in [6, 6.07) is 0. The summed E-state index contributed by atoms with van der Waals surface area (Å²) >= 11 is 0. The predicted molar refractivity (Wildman–Crippen MR) is 64.4 cm³/mol. The Balaban J connectivity index is 3.02. The number of aliphatic hydroxyl groups is 1. The van der Waals surface area contributed by atoms with Crippen LogP contribution in [0.2, 0.25) is 0 Å². The van der Waals surface area contributed by atoms with Crippen LogP contribution in [0.1, 0.15) is 41.5 Å². The molecule has 1 rings (SSSR count). The molecule has 0 aromatic heterocycles. The summed E-state index contributed by atoms with van der Waals surface area (Å²) in [6.07, 6.45) is 0.0483. The van der Waals surface area contributed by atoms with Crippen molar-refractivity contribution in [3.05, 3.63) is 0 Å². The fourth-order valence-electron chi connectivity index (χ4n) is 2.81.